The highest BCUT2D eigenvalue weighted by atomic mass is 16.6. The summed E-state index contributed by atoms with van der Waals surface area (Å²) in [7, 11) is 0. The van der Waals surface area contributed by atoms with E-state index in [4.69, 9.17) is 4.74 Å². The lowest BCUT2D eigenvalue weighted by Gasteiger charge is -2.34. The highest BCUT2D eigenvalue weighted by Gasteiger charge is 2.28. The number of benzene rings is 1. The van der Waals surface area contributed by atoms with Gasteiger partial charge in [0.05, 0.1) is 12.0 Å². The topological polar surface area (TPSA) is 84.7 Å². The third kappa shape index (κ3) is 4.00. The van der Waals surface area contributed by atoms with Gasteiger partial charge in [-0.05, 0) is 18.9 Å². The first-order valence-corrected chi connectivity index (χ1v) is 9.63. The van der Waals surface area contributed by atoms with Crippen molar-refractivity contribution < 1.29 is 14.3 Å². The molecule has 0 radical (unpaired) electrons. The number of fused-ring (bicyclic) bond motifs is 1. The summed E-state index contributed by atoms with van der Waals surface area (Å²) in [6.07, 6.45) is -0.358. The van der Waals surface area contributed by atoms with Gasteiger partial charge in [-0.15, -0.1) is 0 Å². The molecule has 0 atom stereocenters. The fraction of sp³-hybridized carbons (Fsp3) is 0.500. The molecule has 8 heteroatoms. The predicted octanol–water partition coefficient (Wildman–Crippen LogP) is 1.97. The molecule has 0 aliphatic carbocycles. The van der Waals surface area contributed by atoms with E-state index in [9.17, 15) is 14.4 Å². The van der Waals surface area contributed by atoms with Crippen LogP contribution in [0.3, 0.4) is 0 Å². The molecule has 8 nitrogen and oxygen atoms in total. The number of aromatic nitrogens is 2. The van der Waals surface area contributed by atoms with Gasteiger partial charge in [-0.1, -0.05) is 32.0 Å². The van der Waals surface area contributed by atoms with Crippen LogP contribution in [-0.2, 0) is 11.3 Å². The molecule has 1 aromatic heterocycles. The van der Waals surface area contributed by atoms with Crippen molar-refractivity contribution in [3.05, 3.63) is 40.3 Å². The van der Waals surface area contributed by atoms with E-state index in [1.807, 2.05) is 13.8 Å². The summed E-state index contributed by atoms with van der Waals surface area (Å²) >= 11 is 0. The van der Waals surface area contributed by atoms with E-state index in [1.54, 1.807) is 41.0 Å². The van der Waals surface area contributed by atoms with Crippen LogP contribution in [0.2, 0.25) is 0 Å². The van der Waals surface area contributed by atoms with Crippen molar-refractivity contribution in [3.8, 4) is 0 Å². The Morgan fingerprint density at radius 1 is 1.07 bits per heavy atom. The maximum absolute atomic E-state index is 13.2. The van der Waals surface area contributed by atoms with Crippen LogP contribution in [-0.4, -0.2) is 64.4 Å². The zero-order valence-corrected chi connectivity index (χ0v) is 16.6. The van der Waals surface area contributed by atoms with Gasteiger partial charge in [-0.25, -0.2) is 9.48 Å². The monoisotopic (exact) mass is 386 g/mol. The minimum absolute atomic E-state index is 0.187. The van der Waals surface area contributed by atoms with Gasteiger partial charge in [0.2, 0.25) is 0 Å². The number of ether oxygens (including phenoxy) is 1. The summed E-state index contributed by atoms with van der Waals surface area (Å²) in [5.74, 6) is -0.000322. The van der Waals surface area contributed by atoms with Crippen LogP contribution in [0.4, 0.5) is 4.79 Å². The number of carbonyl (C=O) groups excluding carboxylic acids is 2. The molecule has 3 rings (SSSR count). The predicted molar refractivity (Wildman–Crippen MR) is 105 cm³/mol. The van der Waals surface area contributed by atoms with Gasteiger partial charge in [0.15, 0.2) is 5.69 Å². The van der Waals surface area contributed by atoms with Crippen LogP contribution in [0.5, 0.6) is 0 Å². The highest BCUT2D eigenvalue weighted by molar-refractivity contribution is 6.04. The summed E-state index contributed by atoms with van der Waals surface area (Å²) in [4.78, 5) is 41.0. The average molecular weight is 386 g/mol. The first-order valence-electron chi connectivity index (χ1n) is 9.63. The third-order valence-electron chi connectivity index (χ3n) is 4.70. The van der Waals surface area contributed by atoms with Gasteiger partial charge in [0, 0.05) is 38.1 Å². The van der Waals surface area contributed by atoms with Gasteiger partial charge < -0.3 is 14.5 Å². The summed E-state index contributed by atoms with van der Waals surface area (Å²) in [5.41, 5.74) is 0.0911. The Bertz CT molecular complexity index is 929. The van der Waals surface area contributed by atoms with Crippen molar-refractivity contribution >= 4 is 22.8 Å². The van der Waals surface area contributed by atoms with Crippen LogP contribution in [0.25, 0.3) is 10.8 Å². The van der Waals surface area contributed by atoms with E-state index in [-0.39, 0.29) is 29.2 Å². The minimum atomic E-state index is -0.358. The standard InChI is InChI=1S/C20H26N4O4/c1-4-28-20(27)23-11-9-22(10-12-23)19(26)17-15-7-5-6-8-16(15)18(25)24(21-17)13-14(2)3/h5-8,14H,4,9-13H2,1-3H3. The first kappa shape index (κ1) is 19.9. The normalized spacial score (nSPS) is 14.6. The number of carbonyl (C=O) groups is 2. The molecule has 1 aliphatic rings. The van der Waals surface area contributed by atoms with Crippen molar-refractivity contribution in [2.24, 2.45) is 5.92 Å². The second-order valence-electron chi connectivity index (χ2n) is 7.25. The summed E-state index contributed by atoms with van der Waals surface area (Å²) in [6.45, 7) is 8.15. The zero-order chi connectivity index (χ0) is 20.3. The highest BCUT2D eigenvalue weighted by Crippen LogP contribution is 2.17. The Balaban J connectivity index is 1.89. The molecule has 0 bridgehead atoms. The van der Waals surface area contributed by atoms with Gasteiger partial charge in [-0.3, -0.25) is 9.59 Å². The average Bonchev–Trinajstić information content (AvgIpc) is 2.69. The molecule has 2 amide bonds. The van der Waals surface area contributed by atoms with Crippen molar-refractivity contribution in [2.75, 3.05) is 32.8 Å². The second-order valence-corrected chi connectivity index (χ2v) is 7.25. The summed E-state index contributed by atoms with van der Waals surface area (Å²) in [5, 5.41) is 5.46. The molecule has 2 aromatic rings. The van der Waals surface area contributed by atoms with Crippen LogP contribution < -0.4 is 5.56 Å². The van der Waals surface area contributed by atoms with Crippen molar-refractivity contribution in [1.29, 1.82) is 0 Å². The number of nitrogens with zero attached hydrogens (tertiary/aromatic N) is 4. The van der Waals surface area contributed by atoms with Crippen molar-refractivity contribution in [3.63, 3.8) is 0 Å². The van der Waals surface area contributed by atoms with Crippen LogP contribution in [0.1, 0.15) is 31.3 Å². The Kier molecular flexibility index (Phi) is 5.96. The summed E-state index contributed by atoms with van der Waals surface area (Å²) in [6, 6.07) is 7.07. The van der Waals surface area contributed by atoms with Gasteiger partial charge >= 0.3 is 6.09 Å². The molecule has 2 heterocycles. The Labute approximate surface area is 163 Å². The lowest BCUT2D eigenvalue weighted by molar-refractivity contribution is 0.0565. The van der Waals surface area contributed by atoms with E-state index in [0.29, 0.717) is 50.1 Å². The van der Waals surface area contributed by atoms with Crippen LogP contribution in [0, 0.1) is 5.92 Å². The number of amides is 2. The maximum atomic E-state index is 13.2. The molecular weight excluding hydrogens is 360 g/mol. The smallest absolute Gasteiger partial charge is 0.409 e. The van der Waals surface area contributed by atoms with E-state index < -0.39 is 0 Å². The van der Waals surface area contributed by atoms with Crippen molar-refractivity contribution in [2.45, 2.75) is 27.3 Å². The molecule has 0 unspecified atom stereocenters. The molecule has 0 N–H and O–H groups in total. The first-order chi connectivity index (χ1) is 13.4. The molecule has 28 heavy (non-hydrogen) atoms. The van der Waals surface area contributed by atoms with Gasteiger partial charge in [0.25, 0.3) is 11.5 Å². The van der Waals surface area contributed by atoms with Gasteiger partial charge in [0.1, 0.15) is 0 Å². The lowest BCUT2D eigenvalue weighted by atomic mass is 10.1. The Hall–Kier alpha value is -2.90. The fourth-order valence-corrected chi connectivity index (χ4v) is 3.32. The number of hydrogen-bond acceptors (Lipinski definition) is 5. The molecule has 1 fully saturated rings. The second kappa shape index (κ2) is 8.41. The Morgan fingerprint density at radius 3 is 2.29 bits per heavy atom. The maximum Gasteiger partial charge on any atom is 0.409 e. The fourth-order valence-electron chi connectivity index (χ4n) is 3.32. The molecule has 1 aliphatic heterocycles. The molecule has 1 aromatic carbocycles. The van der Waals surface area contributed by atoms with E-state index in [2.05, 4.69) is 5.10 Å². The number of rotatable bonds is 4. The number of hydrogen-bond donors (Lipinski definition) is 0. The van der Waals surface area contributed by atoms with Gasteiger partial charge in [-0.2, -0.15) is 5.10 Å². The van der Waals surface area contributed by atoms with Crippen LogP contribution >= 0.6 is 0 Å². The van der Waals surface area contributed by atoms with Crippen molar-refractivity contribution in [1.82, 2.24) is 19.6 Å². The van der Waals surface area contributed by atoms with Crippen LogP contribution in [0.15, 0.2) is 29.1 Å². The molecule has 150 valence electrons. The molecule has 0 saturated carbocycles. The molecule has 0 spiro atoms. The van der Waals surface area contributed by atoms with E-state index in [0.717, 1.165) is 0 Å². The Morgan fingerprint density at radius 2 is 1.68 bits per heavy atom. The summed E-state index contributed by atoms with van der Waals surface area (Å²) < 4.78 is 6.40. The van der Waals surface area contributed by atoms with E-state index in [1.165, 1.54) is 4.68 Å². The quantitative estimate of drug-likeness (QED) is 0.802. The SMILES string of the molecule is CCOC(=O)N1CCN(C(=O)c2nn(CC(C)C)c(=O)c3ccccc23)CC1. The number of piperazine rings is 1. The van der Waals surface area contributed by atoms with E-state index >= 15 is 0 Å². The lowest BCUT2D eigenvalue weighted by Crippen LogP contribution is -2.51. The minimum Gasteiger partial charge on any atom is -0.450 e. The zero-order valence-electron chi connectivity index (χ0n) is 16.6. The molecular formula is C20H26N4O4. The largest absolute Gasteiger partial charge is 0.450 e. The third-order valence-corrected chi connectivity index (χ3v) is 4.70. The molecule has 1 saturated heterocycles.